The molecule has 1 aromatic carbocycles. The molecule has 1 amide bonds. The minimum absolute atomic E-state index is 0.194. The van der Waals surface area contributed by atoms with Crippen molar-refractivity contribution >= 4 is 27.5 Å². The number of hydrogen-bond acceptors (Lipinski definition) is 2. The minimum Gasteiger partial charge on any atom is -0.321 e. The van der Waals surface area contributed by atoms with Gasteiger partial charge < -0.3 is 10.6 Å². The number of nitrogens with one attached hydrogen (secondary N) is 2. The third-order valence-electron chi connectivity index (χ3n) is 3.07. The number of para-hydroxylation sites is 1. The topological polar surface area (TPSA) is 41.1 Å². The SMILES string of the molecule is CC1(C(=O)Nc2c(F)cccc2Br)CCCN1. The van der Waals surface area contributed by atoms with Gasteiger partial charge in [0.25, 0.3) is 0 Å². The molecule has 1 heterocycles. The molecule has 0 spiro atoms. The summed E-state index contributed by atoms with van der Waals surface area (Å²) in [5.74, 6) is -0.630. The van der Waals surface area contributed by atoms with E-state index in [0.29, 0.717) is 4.47 Å². The monoisotopic (exact) mass is 300 g/mol. The van der Waals surface area contributed by atoms with E-state index >= 15 is 0 Å². The van der Waals surface area contributed by atoms with Crippen LogP contribution in [0.4, 0.5) is 10.1 Å². The predicted molar refractivity (Wildman–Crippen MR) is 68.4 cm³/mol. The van der Waals surface area contributed by atoms with E-state index in [1.54, 1.807) is 12.1 Å². The highest BCUT2D eigenvalue weighted by Crippen LogP contribution is 2.27. The molecule has 2 N–H and O–H groups in total. The van der Waals surface area contributed by atoms with Gasteiger partial charge in [-0.3, -0.25) is 4.79 Å². The summed E-state index contributed by atoms with van der Waals surface area (Å²) in [5.41, 5.74) is -0.394. The number of carbonyl (C=O) groups is 1. The van der Waals surface area contributed by atoms with Crippen molar-refractivity contribution < 1.29 is 9.18 Å². The van der Waals surface area contributed by atoms with Crippen LogP contribution in [0.25, 0.3) is 0 Å². The van der Waals surface area contributed by atoms with Crippen molar-refractivity contribution in [3.63, 3.8) is 0 Å². The summed E-state index contributed by atoms with van der Waals surface area (Å²) in [4.78, 5) is 12.1. The maximum absolute atomic E-state index is 13.6. The first-order chi connectivity index (χ1) is 8.03. The van der Waals surface area contributed by atoms with Crippen molar-refractivity contribution in [3.8, 4) is 0 Å². The van der Waals surface area contributed by atoms with E-state index in [2.05, 4.69) is 26.6 Å². The summed E-state index contributed by atoms with van der Waals surface area (Å²) >= 11 is 3.23. The normalized spacial score (nSPS) is 23.7. The van der Waals surface area contributed by atoms with Crippen LogP contribution in [0, 0.1) is 5.82 Å². The molecule has 1 saturated heterocycles. The van der Waals surface area contributed by atoms with E-state index < -0.39 is 11.4 Å². The van der Waals surface area contributed by atoms with Gasteiger partial charge in [-0.2, -0.15) is 0 Å². The highest BCUT2D eigenvalue weighted by atomic mass is 79.9. The van der Waals surface area contributed by atoms with Gasteiger partial charge in [0.05, 0.1) is 11.2 Å². The Balaban J connectivity index is 2.18. The van der Waals surface area contributed by atoms with Crippen molar-refractivity contribution in [3.05, 3.63) is 28.5 Å². The number of hydrogen-bond donors (Lipinski definition) is 2. The molecule has 3 nitrogen and oxygen atoms in total. The number of anilines is 1. The molecule has 1 aliphatic heterocycles. The fourth-order valence-corrected chi connectivity index (χ4v) is 2.40. The van der Waals surface area contributed by atoms with Crippen LogP contribution in [-0.4, -0.2) is 18.0 Å². The Morgan fingerprint density at radius 1 is 1.59 bits per heavy atom. The molecule has 1 aromatic rings. The lowest BCUT2D eigenvalue weighted by atomic mass is 9.99. The molecule has 0 saturated carbocycles. The van der Waals surface area contributed by atoms with Crippen molar-refractivity contribution in [1.29, 1.82) is 0 Å². The van der Waals surface area contributed by atoms with Crippen molar-refractivity contribution in [1.82, 2.24) is 5.32 Å². The molecule has 1 unspecified atom stereocenters. The molecule has 92 valence electrons. The van der Waals surface area contributed by atoms with Crippen molar-refractivity contribution in [2.75, 3.05) is 11.9 Å². The molecule has 0 aromatic heterocycles. The van der Waals surface area contributed by atoms with E-state index in [1.807, 2.05) is 6.92 Å². The van der Waals surface area contributed by atoms with E-state index in [9.17, 15) is 9.18 Å². The third kappa shape index (κ3) is 2.50. The lowest BCUT2D eigenvalue weighted by Crippen LogP contribution is -2.48. The maximum atomic E-state index is 13.6. The summed E-state index contributed by atoms with van der Waals surface area (Å²) < 4.78 is 14.1. The van der Waals surface area contributed by atoms with E-state index in [0.717, 1.165) is 19.4 Å². The van der Waals surface area contributed by atoms with Gasteiger partial charge in [-0.05, 0) is 54.4 Å². The average molecular weight is 301 g/mol. The largest absolute Gasteiger partial charge is 0.321 e. The second kappa shape index (κ2) is 4.74. The Morgan fingerprint density at radius 3 is 2.94 bits per heavy atom. The van der Waals surface area contributed by atoms with Crippen LogP contribution < -0.4 is 10.6 Å². The molecule has 5 heteroatoms. The zero-order chi connectivity index (χ0) is 12.5. The smallest absolute Gasteiger partial charge is 0.244 e. The van der Waals surface area contributed by atoms with Crippen LogP contribution in [0.1, 0.15) is 19.8 Å². The Kier molecular flexibility index (Phi) is 3.49. The molecule has 2 rings (SSSR count). The highest BCUT2D eigenvalue weighted by molar-refractivity contribution is 9.10. The van der Waals surface area contributed by atoms with Gasteiger partial charge in [0.1, 0.15) is 5.82 Å². The quantitative estimate of drug-likeness (QED) is 0.882. The number of benzene rings is 1. The molecule has 0 radical (unpaired) electrons. The second-order valence-corrected chi connectivity index (χ2v) is 5.27. The van der Waals surface area contributed by atoms with Crippen molar-refractivity contribution in [2.24, 2.45) is 0 Å². The van der Waals surface area contributed by atoms with Gasteiger partial charge in [0, 0.05) is 4.47 Å². The number of amides is 1. The molecule has 0 bridgehead atoms. The molecule has 0 aliphatic carbocycles. The van der Waals surface area contributed by atoms with Gasteiger partial charge in [0.15, 0.2) is 0 Å². The maximum Gasteiger partial charge on any atom is 0.244 e. The zero-order valence-corrected chi connectivity index (χ0v) is 11.1. The second-order valence-electron chi connectivity index (χ2n) is 4.41. The fourth-order valence-electron chi connectivity index (χ4n) is 1.96. The lowest BCUT2D eigenvalue weighted by molar-refractivity contribution is -0.121. The number of rotatable bonds is 2. The van der Waals surface area contributed by atoms with Crippen molar-refractivity contribution in [2.45, 2.75) is 25.3 Å². The summed E-state index contributed by atoms with van der Waals surface area (Å²) in [6.45, 7) is 2.66. The predicted octanol–water partition coefficient (Wildman–Crippen LogP) is 2.67. The fraction of sp³-hybridized carbons (Fsp3) is 0.417. The first kappa shape index (κ1) is 12.5. The third-order valence-corrected chi connectivity index (χ3v) is 3.73. The highest BCUT2D eigenvalue weighted by Gasteiger charge is 2.36. The lowest BCUT2D eigenvalue weighted by Gasteiger charge is -2.23. The van der Waals surface area contributed by atoms with Crippen LogP contribution in [0.5, 0.6) is 0 Å². The first-order valence-corrected chi connectivity index (χ1v) is 6.33. The first-order valence-electron chi connectivity index (χ1n) is 5.53. The van der Waals surface area contributed by atoms with Crippen LogP contribution in [0.2, 0.25) is 0 Å². The summed E-state index contributed by atoms with van der Waals surface area (Å²) in [7, 11) is 0. The Hall–Kier alpha value is -0.940. The van der Waals surface area contributed by atoms with Gasteiger partial charge in [0.2, 0.25) is 5.91 Å². The average Bonchev–Trinajstić information content (AvgIpc) is 2.72. The molecule has 17 heavy (non-hydrogen) atoms. The van der Waals surface area contributed by atoms with Gasteiger partial charge >= 0.3 is 0 Å². The molecular formula is C12H14BrFN2O. The zero-order valence-electron chi connectivity index (χ0n) is 9.52. The summed E-state index contributed by atoms with van der Waals surface area (Å²) in [6, 6.07) is 4.61. The number of carbonyl (C=O) groups excluding carboxylic acids is 1. The minimum atomic E-state index is -0.596. The molecule has 1 atom stereocenters. The Morgan fingerprint density at radius 2 is 2.35 bits per heavy atom. The van der Waals surface area contributed by atoms with Gasteiger partial charge in [-0.15, -0.1) is 0 Å². The van der Waals surface area contributed by atoms with E-state index in [1.165, 1.54) is 6.07 Å². The van der Waals surface area contributed by atoms with Gasteiger partial charge in [-0.1, -0.05) is 6.07 Å². The van der Waals surface area contributed by atoms with Crippen LogP contribution in [-0.2, 0) is 4.79 Å². The summed E-state index contributed by atoms with van der Waals surface area (Å²) in [6.07, 6.45) is 1.73. The Labute approximate surface area is 108 Å². The number of halogens is 2. The standard InChI is InChI=1S/C12H14BrFN2O/c1-12(6-3-7-15-12)11(17)16-10-8(13)4-2-5-9(10)14/h2,4-5,15H,3,6-7H2,1H3,(H,16,17). The molecular weight excluding hydrogens is 287 g/mol. The summed E-state index contributed by atoms with van der Waals surface area (Å²) in [5, 5.41) is 5.78. The molecule has 1 aliphatic rings. The van der Waals surface area contributed by atoms with Gasteiger partial charge in [-0.25, -0.2) is 4.39 Å². The van der Waals surface area contributed by atoms with Crippen LogP contribution in [0.15, 0.2) is 22.7 Å². The van der Waals surface area contributed by atoms with Crippen LogP contribution >= 0.6 is 15.9 Å². The van der Waals surface area contributed by atoms with E-state index in [4.69, 9.17) is 0 Å². The van der Waals surface area contributed by atoms with Crippen LogP contribution in [0.3, 0.4) is 0 Å². The van der Waals surface area contributed by atoms with E-state index in [-0.39, 0.29) is 11.6 Å². The Bertz CT molecular complexity index is 424. The molecule has 1 fully saturated rings.